The molecule has 0 amide bonds. The predicted molar refractivity (Wildman–Crippen MR) is 64.5 cm³/mol. The summed E-state index contributed by atoms with van der Waals surface area (Å²) in [6, 6.07) is 0.203. The van der Waals surface area contributed by atoms with E-state index in [0.717, 1.165) is 31.5 Å². The number of hydrogen-bond donors (Lipinski definition) is 1. The Balaban J connectivity index is 1.84. The number of nitrogens with zero attached hydrogens (tertiary/aromatic N) is 1. The third-order valence-electron chi connectivity index (χ3n) is 3.64. The molecule has 2 rings (SSSR count). The standard InChI is InChI=1S/C13H21NO3/c1-9(2)7-12(16)17-8-10-3-5-14-6-4-11(15)13(10)14/h7,10-11,13,15H,3-6,8H2,1-2H3/t10-,11-,13-/m1/s1. The molecule has 2 aliphatic heterocycles. The Kier molecular flexibility index (Phi) is 3.84. The van der Waals surface area contributed by atoms with Crippen LogP contribution in [0.1, 0.15) is 26.7 Å². The molecule has 2 aliphatic rings. The number of allylic oxidation sites excluding steroid dienone is 1. The van der Waals surface area contributed by atoms with Gasteiger partial charge in [0.15, 0.2) is 0 Å². The van der Waals surface area contributed by atoms with Gasteiger partial charge in [0.2, 0.25) is 0 Å². The van der Waals surface area contributed by atoms with Crippen LogP contribution in [-0.2, 0) is 9.53 Å². The summed E-state index contributed by atoms with van der Waals surface area (Å²) >= 11 is 0. The number of fused-ring (bicyclic) bond motifs is 1. The minimum atomic E-state index is -0.268. The van der Waals surface area contributed by atoms with E-state index in [9.17, 15) is 9.90 Å². The summed E-state index contributed by atoms with van der Waals surface area (Å²) in [6.07, 6.45) is 3.13. The Morgan fingerprint density at radius 3 is 2.82 bits per heavy atom. The molecule has 17 heavy (non-hydrogen) atoms. The summed E-state index contributed by atoms with van der Waals surface area (Å²) in [6.45, 7) is 6.18. The van der Waals surface area contributed by atoms with Gasteiger partial charge in [-0.1, -0.05) is 5.57 Å². The zero-order valence-electron chi connectivity index (χ0n) is 10.6. The normalized spacial score (nSPS) is 32.3. The predicted octanol–water partition coefficient (Wildman–Crippen LogP) is 0.951. The summed E-state index contributed by atoms with van der Waals surface area (Å²) in [5.74, 6) is 0.0259. The van der Waals surface area contributed by atoms with Crippen molar-refractivity contribution in [3.63, 3.8) is 0 Å². The maximum Gasteiger partial charge on any atom is 0.330 e. The molecule has 0 radical (unpaired) electrons. The van der Waals surface area contributed by atoms with E-state index in [-0.39, 0.29) is 18.1 Å². The number of carbonyl (C=O) groups excluding carboxylic acids is 1. The van der Waals surface area contributed by atoms with Gasteiger partial charge in [-0.05, 0) is 33.2 Å². The van der Waals surface area contributed by atoms with Crippen LogP contribution in [-0.4, -0.2) is 47.8 Å². The molecule has 0 bridgehead atoms. The number of rotatable bonds is 3. The number of esters is 1. The first kappa shape index (κ1) is 12.6. The van der Waals surface area contributed by atoms with Gasteiger partial charge in [-0.25, -0.2) is 4.79 Å². The molecule has 0 aliphatic carbocycles. The molecule has 2 heterocycles. The van der Waals surface area contributed by atoms with Crippen molar-refractivity contribution in [1.29, 1.82) is 0 Å². The largest absolute Gasteiger partial charge is 0.462 e. The highest BCUT2D eigenvalue weighted by atomic mass is 16.5. The Bertz CT molecular complexity index is 323. The van der Waals surface area contributed by atoms with Gasteiger partial charge in [-0.3, -0.25) is 4.90 Å². The van der Waals surface area contributed by atoms with Gasteiger partial charge >= 0.3 is 5.97 Å². The minimum absolute atomic E-state index is 0.203. The van der Waals surface area contributed by atoms with Crippen LogP contribution in [0.15, 0.2) is 11.6 Å². The number of hydrogen-bond acceptors (Lipinski definition) is 4. The zero-order chi connectivity index (χ0) is 12.4. The lowest BCUT2D eigenvalue weighted by Crippen LogP contribution is -2.35. The summed E-state index contributed by atoms with van der Waals surface area (Å²) in [4.78, 5) is 13.7. The minimum Gasteiger partial charge on any atom is -0.462 e. The molecule has 2 fully saturated rings. The molecule has 0 aromatic carbocycles. The van der Waals surface area contributed by atoms with Crippen LogP contribution in [0, 0.1) is 5.92 Å². The molecule has 3 atom stereocenters. The molecule has 0 aromatic rings. The average molecular weight is 239 g/mol. The highest BCUT2D eigenvalue weighted by Crippen LogP contribution is 2.33. The number of aliphatic hydroxyl groups is 1. The Labute approximate surface area is 102 Å². The number of carbonyl (C=O) groups is 1. The lowest BCUT2D eigenvalue weighted by molar-refractivity contribution is -0.139. The fourth-order valence-corrected chi connectivity index (χ4v) is 2.89. The van der Waals surface area contributed by atoms with E-state index in [1.54, 1.807) is 0 Å². The molecule has 96 valence electrons. The molecule has 4 heteroatoms. The highest BCUT2D eigenvalue weighted by Gasteiger charge is 2.43. The van der Waals surface area contributed by atoms with Gasteiger partial charge in [0.25, 0.3) is 0 Å². The van der Waals surface area contributed by atoms with Crippen molar-refractivity contribution in [3.05, 3.63) is 11.6 Å². The third kappa shape index (κ3) is 2.87. The van der Waals surface area contributed by atoms with Crippen molar-refractivity contribution >= 4 is 5.97 Å². The van der Waals surface area contributed by atoms with Crippen molar-refractivity contribution < 1.29 is 14.6 Å². The summed E-state index contributed by atoms with van der Waals surface area (Å²) < 4.78 is 5.24. The first-order valence-corrected chi connectivity index (χ1v) is 6.31. The molecular formula is C13H21NO3. The van der Waals surface area contributed by atoms with Crippen molar-refractivity contribution in [2.75, 3.05) is 19.7 Å². The van der Waals surface area contributed by atoms with Crippen LogP contribution in [0.4, 0.5) is 0 Å². The second kappa shape index (κ2) is 5.19. The van der Waals surface area contributed by atoms with E-state index in [4.69, 9.17) is 4.74 Å². The molecule has 4 nitrogen and oxygen atoms in total. The summed E-state index contributed by atoms with van der Waals surface area (Å²) in [5.41, 5.74) is 0.948. The number of ether oxygens (including phenoxy) is 1. The van der Waals surface area contributed by atoms with Crippen LogP contribution >= 0.6 is 0 Å². The zero-order valence-corrected chi connectivity index (χ0v) is 10.6. The van der Waals surface area contributed by atoms with Crippen molar-refractivity contribution in [1.82, 2.24) is 4.90 Å². The highest BCUT2D eigenvalue weighted by molar-refractivity contribution is 5.82. The third-order valence-corrected chi connectivity index (χ3v) is 3.64. The van der Waals surface area contributed by atoms with Crippen molar-refractivity contribution in [2.45, 2.75) is 38.8 Å². The molecule has 2 saturated heterocycles. The monoisotopic (exact) mass is 239 g/mol. The van der Waals surface area contributed by atoms with Crippen LogP contribution in [0.2, 0.25) is 0 Å². The topological polar surface area (TPSA) is 49.8 Å². The maximum atomic E-state index is 11.4. The lowest BCUT2D eigenvalue weighted by atomic mass is 9.97. The van der Waals surface area contributed by atoms with Gasteiger partial charge in [0, 0.05) is 24.6 Å². The van der Waals surface area contributed by atoms with Crippen molar-refractivity contribution in [2.24, 2.45) is 5.92 Å². The second-order valence-electron chi connectivity index (χ2n) is 5.28. The molecule has 0 saturated carbocycles. The summed E-state index contributed by atoms with van der Waals surface area (Å²) in [5, 5.41) is 9.89. The Hall–Kier alpha value is -0.870. The molecule has 0 spiro atoms. The lowest BCUT2D eigenvalue weighted by Gasteiger charge is -2.22. The van der Waals surface area contributed by atoms with E-state index in [1.165, 1.54) is 6.08 Å². The van der Waals surface area contributed by atoms with Gasteiger partial charge in [0.1, 0.15) is 0 Å². The average Bonchev–Trinajstić information content (AvgIpc) is 2.79. The van der Waals surface area contributed by atoms with Crippen LogP contribution < -0.4 is 0 Å². The molecule has 0 unspecified atom stereocenters. The number of aliphatic hydroxyl groups excluding tert-OH is 1. The molecular weight excluding hydrogens is 218 g/mol. The smallest absolute Gasteiger partial charge is 0.330 e. The van der Waals surface area contributed by atoms with Crippen LogP contribution in [0.25, 0.3) is 0 Å². The van der Waals surface area contributed by atoms with E-state index in [0.29, 0.717) is 12.5 Å². The van der Waals surface area contributed by atoms with E-state index >= 15 is 0 Å². The summed E-state index contributed by atoms with van der Waals surface area (Å²) in [7, 11) is 0. The molecule has 0 aromatic heterocycles. The Morgan fingerprint density at radius 1 is 1.41 bits per heavy atom. The second-order valence-corrected chi connectivity index (χ2v) is 5.28. The van der Waals surface area contributed by atoms with Crippen LogP contribution in [0.5, 0.6) is 0 Å². The van der Waals surface area contributed by atoms with Gasteiger partial charge in [-0.2, -0.15) is 0 Å². The van der Waals surface area contributed by atoms with Crippen molar-refractivity contribution in [3.8, 4) is 0 Å². The molecule has 1 N–H and O–H groups in total. The first-order chi connectivity index (χ1) is 8.08. The van der Waals surface area contributed by atoms with Gasteiger partial charge in [-0.15, -0.1) is 0 Å². The van der Waals surface area contributed by atoms with Gasteiger partial charge < -0.3 is 9.84 Å². The van der Waals surface area contributed by atoms with Crippen LogP contribution in [0.3, 0.4) is 0 Å². The Morgan fingerprint density at radius 2 is 2.12 bits per heavy atom. The van der Waals surface area contributed by atoms with E-state index in [2.05, 4.69) is 4.90 Å². The van der Waals surface area contributed by atoms with Gasteiger partial charge in [0.05, 0.1) is 12.7 Å². The van der Waals surface area contributed by atoms with E-state index < -0.39 is 0 Å². The first-order valence-electron chi connectivity index (χ1n) is 6.31. The maximum absolute atomic E-state index is 11.4. The van der Waals surface area contributed by atoms with E-state index in [1.807, 2.05) is 13.8 Å². The SMILES string of the molecule is CC(C)=CC(=O)OC[C@H]1CCN2CC[C@@H](O)[C@@H]12. The fourth-order valence-electron chi connectivity index (χ4n) is 2.89. The quantitative estimate of drug-likeness (QED) is 0.588. The fraction of sp³-hybridized carbons (Fsp3) is 0.769.